The van der Waals surface area contributed by atoms with E-state index in [0.29, 0.717) is 4.31 Å². The van der Waals surface area contributed by atoms with Crippen molar-refractivity contribution in [2.24, 2.45) is 0 Å². The molecule has 1 aromatic rings. The minimum Gasteiger partial charge on any atom is -0.480 e. The number of rotatable bonds is 7. The third-order valence-corrected chi connectivity index (χ3v) is 5.66. The van der Waals surface area contributed by atoms with Crippen LogP contribution < -0.4 is 0 Å². The summed E-state index contributed by atoms with van der Waals surface area (Å²) in [5.41, 5.74) is 0. The summed E-state index contributed by atoms with van der Waals surface area (Å²) in [6.45, 7) is 2.34. The molecule has 0 fully saturated rings. The van der Waals surface area contributed by atoms with Gasteiger partial charge in [0, 0.05) is 12.8 Å². The summed E-state index contributed by atoms with van der Waals surface area (Å²) in [5, 5.41) is 8.79. The predicted molar refractivity (Wildman–Crippen MR) is 76.1 cm³/mol. The van der Waals surface area contributed by atoms with Gasteiger partial charge in [0.25, 0.3) is 0 Å². The molecule has 116 valence electrons. The van der Waals surface area contributed by atoms with E-state index in [4.69, 9.17) is 5.11 Å². The Labute approximate surface area is 123 Å². The third kappa shape index (κ3) is 4.13. The highest BCUT2D eigenvalue weighted by Gasteiger charge is 2.30. The van der Waals surface area contributed by atoms with Gasteiger partial charge in [-0.25, -0.2) is 16.8 Å². The highest BCUT2D eigenvalue weighted by molar-refractivity contribution is 7.93. The van der Waals surface area contributed by atoms with E-state index in [2.05, 4.69) is 6.58 Å². The van der Waals surface area contributed by atoms with Crippen molar-refractivity contribution in [1.82, 2.24) is 4.31 Å². The number of aliphatic carboxylic acids is 1. The van der Waals surface area contributed by atoms with E-state index >= 15 is 0 Å². The Morgan fingerprint density at radius 2 is 1.76 bits per heavy atom. The lowest BCUT2D eigenvalue weighted by Gasteiger charge is -2.20. The molecule has 21 heavy (non-hydrogen) atoms. The quantitative estimate of drug-likeness (QED) is 0.721. The zero-order valence-corrected chi connectivity index (χ0v) is 12.9. The van der Waals surface area contributed by atoms with Crippen LogP contribution in [0.5, 0.6) is 0 Å². The molecule has 0 heterocycles. The summed E-state index contributed by atoms with van der Waals surface area (Å²) in [6, 6.07) is 5.05. The first-order valence-corrected chi connectivity index (χ1v) is 9.05. The minimum atomic E-state index is -4.27. The van der Waals surface area contributed by atoms with Crippen LogP contribution in [0.2, 0.25) is 0 Å². The largest absolute Gasteiger partial charge is 0.480 e. The van der Waals surface area contributed by atoms with E-state index in [9.17, 15) is 21.6 Å². The Bertz CT molecular complexity index is 752. The van der Waals surface area contributed by atoms with Crippen molar-refractivity contribution in [3.05, 3.63) is 36.9 Å². The zero-order valence-electron chi connectivity index (χ0n) is 11.3. The SMILES string of the molecule is C=CCN(CC(=O)O)S(=O)(=O)c1ccccc1S(C)(=O)=O. The second kappa shape index (κ2) is 6.37. The van der Waals surface area contributed by atoms with Crippen LogP contribution in [-0.4, -0.2) is 51.6 Å². The molecule has 0 aliphatic heterocycles. The second-order valence-electron chi connectivity index (χ2n) is 4.20. The maximum absolute atomic E-state index is 12.5. The highest BCUT2D eigenvalue weighted by Crippen LogP contribution is 2.24. The van der Waals surface area contributed by atoms with Gasteiger partial charge in [0.05, 0.1) is 4.90 Å². The van der Waals surface area contributed by atoms with Crippen LogP contribution in [0.3, 0.4) is 0 Å². The molecule has 0 amide bonds. The first kappa shape index (κ1) is 17.3. The summed E-state index contributed by atoms with van der Waals surface area (Å²) in [5.74, 6) is -1.35. The smallest absolute Gasteiger partial charge is 0.318 e. The van der Waals surface area contributed by atoms with Crippen molar-refractivity contribution < 1.29 is 26.7 Å². The van der Waals surface area contributed by atoms with Crippen molar-refractivity contribution in [2.75, 3.05) is 19.3 Å². The molecule has 0 aromatic heterocycles. The number of sulfone groups is 1. The van der Waals surface area contributed by atoms with Crippen molar-refractivity contribution in [3.63, 3.8) is 0 Å². The fourth-order valence-electron chi connectivity index (χ4n) is 1.65. The average molecular weight is 333 g/mol. The van der Waals surface area contributed by atoms with Gasteiger partial charge in [-0.15, -0.1) is 6.58 Å². The number of hydrogen-bond donors (Lipinski definition) is 1. The maximum Gasteiger partial charge on any atom is 0.318 e. The summed E-state index contributed by atoms with van der Waals surface area (Å²) < 4.78 is 49.0. The fraction of sp³-hybridized carbons (Fsp3) is 0.250. The van der Waals surface area contributed by atoms with Gasteiger partial charge in [-0.1, -0.05) is 18.2 Å². The Morgan fingerprint density at radius 1 is 1.24 bits per heavy atom. The van der Waals surface area contributed by atoms with Crippen molar-refractivity contribution in [3.8, 4) is 0 Å². The van der Waals surface area contributed by atoms with Gasteiger partial charge in [0.15, 0.2) is 9.84 Å². The molecular formula is C12H15NO6S2. The Hall–Kier alpha value is -1.71. The number of hydrogen-bond acceptors (Lipinski definition) is 5. The molecule has 0 radical (unpaired) electrons. The first-order valence-electron chi connectivity index (χ1n) is 5.72. The monoisotopic (exact) mass is 333 g/mol. The van der Waals surface area contributed by atoms with Gasteiger partial charge < -0.3 is 5.11 Å². The fourth-order valence-corrected chi connectivity index (χ4v) is 4.61. The molecule has 9 heteroatoms. The van der Waals surface area contributed by atoms with E-state index in [1.165, 1.54) is 18.2 Å². The molecule has 0 atom stereocenters. The predicted octanol–water partition coefficient (Wildman–Crippen LogP) is 0.351. The van der Waals surface area contributed by atoms with Crippen LogP contribution in [-0.2, 0) is 24.7 Å². The molecule has 0 aliphatic rings. The van der Waals surface area contributed by atoms with Crippen LogP contribution in [0.4, 0.5) is 0 Å². The van der Waals surface area contributed by atoms with Crippen LogP contribution in [0, 0.1) is 0 Å². The van der Waals surface area contributed by atoms with E-state index in [0.717, 1.165) is 18.4 Å². The Kier molecular flexibility index (Phi) is 5.26. The Balaban J connectivity index is 3.49. The maximum atomic E-state index is 12.5. The van der Waals surface area contributed by atoms with Gasteiger partial charge >= 0.3 is 5.97 Å². The molecule has 1 N–H and O–H groups in total. The average Bonchev–Trinajstić information content (AvgIpc) is 2.36. The van der Waals surface area contributed by atoms with Crippen LogP contribution in [0.15, 0.2) is 46.7 Å². The summed E-state index contributed by atoms with van der Waals surface area (Å²) in [6.07, 6.45) is 2.11. The minimum absolute atomic E-state index is 0.243. The van der Waals surface area contributed by atoms with Crippen LogP contribution >= 0.6 is 0 Å². The number of carboxylic acids is 1. The molecule has 7 nitrogen and oxygen atoms in total. The lowest BCUT2D eigenvalue weighted by Crippen LogP contribution is -2.36. The van der Waals surface area contributed by atoms with E-state index in [-0.39, 0.29) is 11.4 Å². The lowest BCUT2D eigenvalue weighted by atomic mass is 10.4. The molecule has 0 saturated carbocycles. The van der Waals surface area contributed by atoms with E-state index in [1.54, 1.807) is 0 Å². The second-order valence-corrected chi connectivity index (χ2v) is 8.09. The lowest BCUT2D eigenvalue weighted by molar-refractivity contribution is -0.137. The molecule has 0 unspecified atom stereocenters. The first-order chi connectivity index (χ1) is 9.60. The van der Waals surface area contributed by atoms with Gasteiger partial charge in [0.2, 0.25) is 10.0 Å². The molecule has 0 spiro atoms. The van der Waals surface area contributed by atoms with E-state index in [1.807, 2.05) is 0 Å². The number of carboxylic acid groups (broad SMARTS) is 1. The topological polar surface area (TPSA) is 109 Å². The van der Waals surface area contributed by atoms with E-state index < -0.39 is 37.3 Å². The molecule has 1 aromatic carbocycles. The third-order valence-electron chi connectivity index (χ3n) is 2.51. The van der Waals surface area contributed by atoms with Crippen molar-refractivity contribution >= 4 is 25.8 Å². The number of nitrogens with zero attached hydrogens (tertiary/aromatic N) is 1. The van der Waals surface area contributed by atoms with Crippen molar-refractivity contribution in [2.45, 2.75) is 9.79 Å². The van der Waals surface area contributed by atoms with Gasteiger partial charge in [-0.05, 0) is 12.1 Å². The molecular weight excluding hydrogens is 318 g/mol. The van der Waals surface area contributed by atoms with Gasteiger partial charge in [0.1, 0.15) is 11.4 Å². The van der Waals surface area contributed by atoms with Crippen LogP contribution in [0.25, 0.3) is 0 Å². The Morgan fingerprint density at radius 3 is 2.19 bits per heavy atom. The molecule has 1 rings (SSSR count). The van der Waals surface area contributed by atoms with Crippen LogP contribution in [0.1, 0.15) is 0 Å². The highest BCUT2D eigenvalue weighted by atomic mass is 32.2. The molecule has 0 saturated heterocycles. The standard InChI is InChI=1S/C12H15NO6S2/c1-3-8-13(9-12(14)15)21(18,19)11-7-5-4-6-10(11)20(2,16)17/h3-7H,1,8-9H2,2H3,(H,14,15). The normalized spacial score (nSPS) is 12.3. The zero-order chi connectivity index (χ0) is 16.3. The number of carbonyl (C=O) groups is 1. The molecule has 0 bridgehead atoms. The van der Waals surface area contributed by atoms with Gasteiger partial charge in [-0.3, -0.25) is 4.79 Å². The summed E-state index contributed by atoms with van der Waals surface area (Å²) >= 11 is 0. The number of sulfonamides is 1. The van der Waals surface area contributed by atoms with Crippen molar-refractivity contribution in [1.29, 1.82) is 0 Å². The summed E-state index contributed by atoms with van der Waals surface area (Å²) in [4.78, 5) is 9.97. The van der Waals surface area contributed by atoms with Gasteiger partial charge in [-0.2, -0.15) is 4.31 Å². The number of benzene rings is 1. The summed E-state index contributed by atoms with van der Waals surface area (Å²) in [7, 11) is -8.04. The molecule has 0 aliphatic carbocycles.